The quantitative estimate of drug-likeness (QED) is 0.261. The van der Waals surface area contributed by atoms with Gasteiger partial charge in [0, 0.05) is 25.6 Å². The van der Waals surface area contributed by atoms with Crippen molar-refractivity contribution in [1.29, 1.82) is 0 Å². The molecule has 4 heterocycles. The lowest BCUT2D eigenvalue weighted by Gasteiger charge is -2.24. The monoisotopic (exact) mass is 476 g/mol. The van der Waals surface area contributed by atoms with E-state index in [1.54, 1.807) is 33.6 Å². The largest absolute Gasteiger partial charge is 0.383 e. The molecule has 4 aromatic rings. The molecular weight excluding hydrogens is 455 g/mol. The zero-order chi connectivity index (χ0) is 24.2. The van der Waals surface area contributed by atoms with E-state index >= 15 is 0 Å². The number of halogens is 1. The number of amides is 1. The molecule has 0 radical (unpaired) electrons. The van der Waals surface area contributed by atoms with Gasteiger partial charge in [0.15, 0.2) is 5.65 Å². The van der Waals surface area contributed by atoms with E-state index in [1.165, 1.54) is 18.5 Å². The molecule has 0 aliphatic carbocycles. The van der Waals surface area contributed by atoms with Crippen molar-refractivity contribution < 1.29 is 9.18 Å². The molecule has 1 aromatic carbocycles. The molecule has 2 N–H and O–H groups in total. The number of nitrogens with zero attached hydrogens (tertiary/aromatic N) is 7. The number of hydrogen-bond acceptors (Lipinski definition) is 7. The molecule has 0 unspecified atom stereocenters. The predicted molar refractivity (Wildman–Crippen MR) is 129 cm³/mol. The summed E-state index contributed by atoms with van der Waals surface area (Å²) in [4.78, 5) is 25.8. The van der Waals surface area contributed by atoms with Crippen LogP contribution in [-0.4, -0.2) is 52.7 Å². The fourth-order valence-corrected chi connectivity index (χ4v) is 4.92. The average molecular weight is 477 g/mol. The van der Waals surface area contributed by atoms with Gasteiger partial charge in [-0.05, 0) is 25.0 Å². The first-order valence-electron chi connectivity index (χ1n) is 10.5. The number of thiol groups is 1. The smallest absolute Gasteiger partial charge is 0.246 e. The van der Waals surface area contributed by atoms with Gasteiger partial charge in [-0.25, -0.2) is 24.0 Å². The lowest BCUT2D eigenvalue weighted by atomic mass is 10.1. The van der Waals surface area contributed by atoms with Gasteiger partial charge in [-0.1, -0.05) is 12.5 Å². The number of nitrogen functional groups attached to an aromatic ring is 1. The summed E-state index contributed by atoms with van der Waals surface area (Å²) in [5, 5.41) is 5.10. The van der Waals surface area contributed by atoms with Gasteiger partial charge in [-0.3, -0.25) is 4.79 Å². The van der Waals surface area contributed by atoms with Crippen molar-refractivity contribution >= 4 is 46.4 Å². The van der Waals surface area contributed by atoms with Crippen LogP contribution in [0.5, 0.6) is 0 Å². The van der Waals surface area contributed by atoms with Crippen LogP contribution in [0.1, 0.15) is 24.6 Å². The second-order valence-corrected chi connectivity index (χ2v) is 9.18. The zero-order valence-corrected chi connectivity index (χ0v) is 19.4. The Labute approximate surface area is 199 Å². The first kappa shape index (κ1) is 21.9. The summed E-state index contributed by atoms with van der Waals surface area (Å²) in [6, 6.07) is 2.90. The number of hydrogen-bond donors (Lipinski definition) is 2. The predicted octanol–water partition coefficient (Wildman–Crippen LogP) is 2.22. The molecular formula is C23H21FN8OS. The van der Waals surface area contributed by atoms with Crippen molar-refractivity contribution in [1.82, 2.24) is 34.2 Å². The SMILES string of the molecule is C=CC(=O)N1C[C@@](S)(n2nc(C#Cc3cc4ncn(C)c4cc3F)c3c(N)ncnc32)C[C@@H]1C. The summed E-state index contributed by atoms with van der Waals surface area (Å²) >= 11 is 4.90. The van der Waals surface area contributed by atoms with Gasteiger partial charge in [0.25, 0.3) is 0 Å². The summed E-state index contributed by atoms with van der Waals surface area (Å²) in [7, 11) is 1.79. The van der Waals surface area contributed by atoms with E-state index in [0.29, 0.717) is 40.7 Å². The minimum Gasteiger partial charge on any atom is -0.383 e. The van der Waals surface area contributed by atoms with Crippen molar-refractivity contribution in [3.05, 3.63) is 54.5 Å². The molecule has 0 bridgehead atoms. The van der Waals surface area contributed by atoms with Gasteiger partial charge in [0.05, 0.1) is 34.9 Å². The minimum atomic E-state index is -0.852. The number of fused-ring (bicyclic) bond motifs is 2. The van der Waals surface area contributed by atoms with Crippen molar-refractivity contribution in [2.24, 2.45) is 7.05 Å². The molecule has 0 spiro atoms. The number of rotatable bonds is 2. The maximum Gasteiger partial charge on any atom is 0.246 e. The van der Waals surface area contributed by atoms with E-state index in [-0.39, 0.29) is 23.3 Å². The number of likely N-dealkylation sites (tertiary alicyclic amines) is 1. The first-order chi connectivity index (χ1) is 16.2. The maximum atomic E-state index is 14.7. The molecule has 11 heteroatoms. The Hall–Kier alpha value is -3.91. The zero-order valence-electron chi connectivity index (χ0n) is 18.5. The number of carbonyl (C=O) groups is 1. The van der Waals surface area contributed by atoms with E-state index < -0.39 is 10.7 Å². The Balaban J connectivity index is 1.62. The highest BCUT2D eigenvalue weighted by molar-refractivity contribution is 7.81. The van der Waals surface area contributed by atoms with Crippen LogP contribution in [-0.2, 0) is 16.7 Å². The van der Waals surface area contributed by atoms with Gasteiger partial charge in [0.2, 0.25) is 5.91 Å². The Morgan fingerprint density at radius 3 is 2.91 bits per heavy atom. The molecule has 1 amide bonds. The van der Waals surface area contributed by atoms with Crippen LogP contribution in [0, 0.1) is 17.7 Å². The second kappa shape index (κ2) is 7.85. The van der Waals surface area contributed by atoms with E-state index in [1.807, 2.05) is 6.92 Å². The number of aromatic nitrogens is 6. The van der Waals surface area contributed by atoms with E-state index in [9.17, 15) is 9.18 Å². The third kappa shape index (κ3) is 3.38. The van der Waals surface area contributed by atoms with Gasteiger partial charge in [-0.2, -0.15) is 5.10 Å². The van der Waals surface area contributed by atoms with Crippen LogP contribution in [0.3, 0.4) is 0 Å². The molecule has 9 nitrogen and oxygen atoms in total. The molecule has 1 saturated heterocycles. The molecule has 1 fully saturated rings. The molecule has 34 heavy (non-hydrogen) atoms. The standard InChI is InChI=1S/C23H21FN8OS/c1-4-19(33)31-10-23(34,9-13(31)2)32-22-20(21(25)26-11-27-22)16(29-32)6-5-14-7-17-18(8-15(14)24)30(3)12-28-17/h4,7-8,11-13,34H,1,9-10H2,2-3H3,(H2,25,26,27)/t13-,23+/m0/s1. The molecule has 172 valence electrons. The average Bonchev–Trinajstić information content (AvgIpc) is 3.46. The normalized spacial score (nSPS) is 20.0. The highest BCUT2D eigenvalue weighted by atomic mass is 32.1. The maximum absolute atomic E-state index is 14.7. The molecule has 3 aromatic heterocycles. The number of carbonyl (C=O) groups excluding carboxylic acids is 1. The third-order valence-corrected chi connectivity index (χ3v) is 6.57. The Morgan fingerprint density at radius 2 is 2.15 bits per heavy atom. The van der Waals surface area contributed by atoms with Gasteiger partial charge >= 0.3 is 0 Å². The topological polar surface area (TPSA) is 108 Å². The Kier molecular flexibility index (Phi) is 5.06. The highest BCUT2D eigenvalue weighted by Crippen LogP contribution is 2.39. The molecule has 1 aliphatic rings. The van der Waals surface area contributed by atoms with Crippen LogP contribution in [0.4, 0.5) is 10.2 Å². The van der Waals surface area contributed by atoms with Crippen LogP contribution >= 0.6 is 12.6 Å². The van der Waals surface area contributed by atoms with Crippen LogP contribution in [0.15, 0.2) is 37.4 Å². The summed E-state index contributed by atoms with van der Waals surface area (Å²) in [6.45, 7) is 5.80. The Bertz CT molecular complexity index is 1550. The fourth-order valence-electron chi connectivity index (χ4n) is 4.37. The number of imidazole rings is 1. The number of anilines is 1. The van der Waals surface area contributed by atoms with Gasteiger partial charge < -0.3 is 15.2 Å². The van der Waals surface area contributed by atoms with Crippen molar-refractivity contribution in [2.75, 3.05) is 12.3 Å². The molecule has 0 saturated carbocycles. The number of benzene rings is 1. The first-order valence-corrected chi connectivity index (χ1v) is 10.9. The van der Waals surface area contributed by atoms with Crippen LogP contribution in [0.25, 0.3) is 22.1 Å². The van der Waals surface area contributed by atoms with Gasteiger partial charge in [-0.15, -0.1) is 12.6 Å². The molecule has 5 rings (SSSR count). The lowest BCUT2D eigenvalue weighted by Crippen LogP contribution is -2.36. The summed E-state index contributed by atoms with van der Waals surface area (Å²) < 4.78 is 18.1. The number of nitrogens with two attached hydrogens (primary N) is 1. The van der Waals surface area contributed by atoms with E-state index in [0.717, 1.165) is 0 Å². The van der Waals surface area contributed by atoms with E-state index in [2.05, 4.69) is 38.5 Å². The Morgan fingerprint density at radius 1 is 1.35 bits per heavy atom. The molecule has 2 atom stereocenters. The van der Waals surface area contributed by atoms with Crippen LogP contribution in [0.2, 0.25) is 0 Å². The third-order valence-electron chi connectivity index (χ3n) is 6.05. The minimum absolute atomic E-state index is 0.0878. The highest BCUT2D eigenvalue weighted by Gasteiger charge is 2.44. The van der Waals surface area contributed by atoms with Gasteiger partial charge in [0.1, 0.15) is 28.5 Å². The summed E-state index contributed by atoms with van der Waals surface area (Å²) in [5.74, 6) is 5.32. The van der Waals surface area contributed by atoms with Crippen molar-refractivity contribution in [3.63, 3.8) is 0 Å². The van der Waals surface area contributed by atoms with E-state index in [4.69, 9.17) is 18.4 Å². The number of aryl methyl sites for hydroxylation is 1. The lowest BCUT2D eigenvalue weighted by molar-refractivity contribution is -0.126. The second-order valence-electron chi connectivity index (χ2n) is 8.35. The summed E-state index contributed by atoms with van der Waals surface area (Å²) in [6.07, 6.45) is 4.75. The van der Waals surface area contributed by atoms with Crippen LogP contribution < -0.4 is 5.73 Å². The van der Waals surface area contributed by atoms with Crippen molar-refractivity contribution in [3.8, 4) is 11.8 Å². The fraction of sp³-hybridized carbons (Fsp3) is 0.261. The summed E-state index contributed by atoms with van der Waals surface area (Å²) in [5.41, 5.74) is 8.37. The van der Waals surface area contributed by atoms with Crippen molar-refractivity contribution in [2.45, 2.75) is 24.3 Å². The molecule has 1 aliphatic heterocycles.